The summed E-state index contributed by atoms with van der Waals surface area (Å²) in [6.07, 6.45) is 4.59. The standard InChI is InChI=1S/C24H27N3O2/c1-3-29-19-9-8-18-15-23(12-10-16-6-4-5-7-17(16)11-13-23)24(20(18)14-19)21(28)27(2)22(25)26-24/h4-9,14H,3,10-13,15H2,1-2H3,(H2,25,26). The normalized spacial score (nSPS) is 24.4. The van der Waals surface area contributed by atoms with Gasteiger partial charge in [0.25, 0.3) is 5.91 Å². The van der Waals surface area contributed by atoms with E-state index in [1.807, 2.05) is 19.1 Å². The summed E-state index contributed by atoms with van der Waals surface area (Å²) < 4.78 is 5.77. The smallest absolute Gasteiger partial charge is 0.262 e. The summed E-state index contributed by atoms with van der Waals surface area (Å²) in [6.45, 7) is 2.56. The predicted molar refractivity (Wildman–Crippen MR) is 113 cm³/mol. The maximum atomic E-state index is 13.7. The van der Waals surface area contributed by atoms with Crippen LogP contribution < -0.4 is 10.5 Å². The van der Waals surface area contributed by atoms with Gasteiger partial charge in [-0.3, -0.25) is 9.69 Å². The van der Waals surface area contributed by atoms with Crippen LogP contribution in [0.3, 0.4) is 0 Å². The molecule has 0 bridgehead atoms. The van der Waals surface area contributed by atoms with Gasteiger partial charge in [-0.1, -0.05) is 30.3 Å². The molecule has 1 atom stereocenters. The minimum atomic E-state index is -0.948. The molecule has 29 heavy (non-hydrogen) atoms. The number of guanidine groups is 1. The molecule has 3 aliphatic rings. The highest BCUT2D eigenvalue weighted by Gasteiger charge is 2.65. The van der Waals surface area contributed by atoms with E-state index in [1.54, 1.807) is 7.05 Å². The van der Waals surface area contributed by atoms with Crippen molar-refractivity contribution in [2.24, 2.45) is 16.1 Å². The molecule has 2 aliphatic carbocycles. The van der Waals surface area contributed by atoms with Crippen molar-refractivity contribution in [3.05, 3.63) is 64.7 Å². The Kier molecular flexibility index (Phi) is 3.99. The van der Waals surface area contributed by atoms with Crippen LogP contribution >= 0.6 is 0 Å². The summed E-state index contributed by atoms with van der Waals surface area (Å²) in [5.41, 5.74) is 9.95. The molecule has 5 nitrogen and oxygen atoms in total. The van der Waals surface area contributed by atoms with Gasteiger partial charge >= 0.3 is 0 Å². The maximum absolute atomic E-state index is 13.7. The van der Waals surface area contributed by atoms with E-state index < -0.39 is 5.54 Å². The Bertz CT molecular complexity index is 1000. The van der Waals surface area contributed by atoms with Crippen molar-refractivity contribution >= 4 is 11.9 Å². The van der Waals surface area contributed by atoms with Crippen molar-refractivity contribution in [2.45, 2.75) is 44.6 Å². The molecule has 0 fully saturated rings. The Morgan fingerprint density at radius 3 is 2.38 bits per heavy atom. The van der Waals surface area contributed by atoms with Gasteiger partial charge in [0.1, 0.15) is 5.75 Å². The third-order valence-corrected chi connectivity index (χ3v) is 7.18. The molecule has 1 unspecified atom stereocenters. The zero-order chi connectivity index (χ0) is 20.2. The Morgan fingerprint density at radius 1 is 1.10 bits per heavy atom. The number of likely N-dealkylation sites (N-methyl/N-ethyl adjacent to an activating group) is 1. The van der Waals surface area contributed by atoms with Gasteiger partial charge in [-0.15, -0.1) is 0 Å². The largest absolute Gasteiger partial charge is 0.494 e. The summed E-state index contributed by atoms with van der Waals surface area (Å²) in [7, 11) is 1.74. The number of benzene rings is 2. The molecule has 2 N–H and O–H groups in total. The first kappa shape index (κ1) is 18.2. The molecule has 1 amide bonds. The first-order valence-electron chi connectivity index (χ1n) is 10.5. The molecule has 2 aromatic carbocycles. The molecule has 5 heteroatoms. The van der Waals surface area contributed by atoms with E-state index in [2.05, 4.69) is 30.3 Å². The number of aryl methyl sites for hydroxylation is 2. The highest BCUT2D eigenvalue weighted by molar-refractivity contribution is 6.08. The number of hydrogen-bond donors (Lipinski definition) is 1. The number of aliphatic imine (C=N–C) groups is 1. The third kappa shape index (κ3) is 2.39. The van der Waals surface area contributed by atoms with E-state index >= 15 is 0 Å². The first-order chi connectivity index (χ1) is 14.0. The van der Waals surface area contributed by atoms with E-state index in [9.17, 15) is 4.79 Å². The topological polar surface area (TPSA) is 67.9 Å². The lowest BCUT2D eigenvalue weighted by molar-refractivity contribution is -0.135. The second kappa shape index (κ2) is 6.34. The molecule has 0 radical (unpaired) electrons. The minimum absolute atomic E-state index is 0.00615. The fourth-order valence-corrected chi connectivity index (χ4v) is 5.70. The van der Waals surface area contributed by atoms with Gasteiger partial charge in [0.15, 0.2) is 11.5 Å². The first-order valence-corrected chi connectivity index (χ1v) is 10.5. The third-order valence-electron chi connectivity index (χ3n) is 7.18. The lowest BCUT2D eigenvalue weighted by Crippen LogP contribution is -2.49. The van der Waals surface area contributed by atoms with Crippen LogP contribution in [0, 0.1) is 5.41 Å². The molecule has 150 valence electrons. The molecular formula is C24H27N3O2. The Balaban J connectivity index is 1.68. The van der Waals surface area contributed by atoms with Gasteiger partial charge in [-0.05, 0) is 73.4 Å². The Morgan fingerprint density at radius 2 is 1.79 bits per heavy atom. The van der Waals surface area contributed by atoms with Crippen molar-refractivity contribution in [1.29, 1.82) is 0 Å². The predicted octanol–water partition coefficient (Wildman–Crippen LogP) is 3.19. The summed E-state index contributed by atoms with van der Waals surface area (Å²) in [6, 6.07) is 14.8. The molecule has 2 spiro atoms. The van der Waals surface area contributed by atoms with E-state index in [4.69, 9.17) is 15.5 Å². The number of carbonyl (C=O) groups excluding carboxylic acids is 1. The molecule has 0 saturated carbocycles. The van der Waals surface area contributed by atoms with Crippen LogP contribution in [0.1, 0.15) is 42.0 Å². The summed E-state index contributed by atoms with van der Waals surface area (Å²) in [4.78, 5) is 20.2. The molecule has 1 heterocycles. The number of carbonyl (C=O) groups is 1. The second-order valence-corrected chi connectivity index (χ2v) is 8.52. The van der Waals surface area contributed by atoms with E-state index in [1.165, 1.54) is 21.6 Å². The molecule has 5 rings (SSSR count). The molecule has 2 aromatic rings. The minimum Gasteiger partial charge on any atom is -0.494 e. The fraction of sp³-hybridized carbons (Fsp3) is 0.417. The fourth-order valence-electron chi connectivity index (χ4n) is 5.70. The van der Waals surface area contributed by atoms with Gasteiger partial charge in [0.2, 0.25) is 0 Å². The summed E-state index contributed by atoms with van der Waals surface area (Å²) in [5.74, 6) is 1.09. The van der Waals surface area contributed by atoms with Gasteiger partial charge in [-0.25, -0.2) is 4.99 Å². The van der Waals surface area contributed by atoms with E-state index in [0.717, 1.165) is 43.4 Å². The lowest BCUT2D eigenvalue weighted by Gasteiger charge is -2.40. The number of nitrogens with zero attached hydrogens (tertiary/aromatic N) is 2. The Hall–Kier alpha value is -2.82. The Labute approximate surface area is 171 Å². The monoisotopic (exact) mass is 389 g/mol. The van der Waals surface area contributed by atoms with Gasteiger partial charge in [0.05, 0.1) is 6.61 Å². The van der Waals surface area contributed by atoms with Gasteiger partial charge in [-0.2, -0.15) is 0 Å². The maximum Gasteiger partial charge on any atom is 0.262 e. The SMILES string of the molecule is CCOc1ccc2c(c1)C1(N=C(N)N(C)C1=O)C1(CCc3ccccc3CC1)C2. The zero-order valence-corrected chi connectivity index (χ0v) is 17.1. The van der Waals surface area contributed by atoms with Crippen molar-refractivity contribution in [3.8, 4) is 5.75 Å². The van der Waals surface area contributed by atoms with E-state index in [-0.39, 0.29) is 11.3 Å². The number of hydrogen-bond acceptors (Lipinski definition) is 4. The van der Waals surface area contributed by atoms with Gasteiger partial charge < -0.3 is 10.5 Å². The molecular weight excluding hydrogens is 362 g/mol. The number of fused-ring (bicyclic) bond motifs is 4. The van der Waals surface area contributed by atoms with Crippen LogP contribution in [0.2, 0.25) is 0 Å². The number of nitrogens with two attached hydrogens (primary N) is 1. The number of amides is 1. The highest BCUT2D eigenvalue weighted by atomic mass is 16.5. The van der Waals surface area contributed by atoms with Crippen LogP contribution in [0.15, 0.2) is 47.5 Å². The average Bonchev–Trinajstić information content (AvgIpc) is 3.02. The number of rotatable bonds is 2. The van der Waals surface area contributed by atoms with Crippen LogP contribution in [0.4, 0.5) is 0 Å². The van der Waals surface area contributed by atoms with Crippen molar-refractivity contribution in [1.82, 2.24) is 4.90 Å². The van der Waals surface area contributed by atoms with E-state index in [0.29, 0.717) is 12.6 Å². The molecule has 1 aliphatic heterocycles. The highest BCUT2D eigenvalue weighted by Crippen LogP contribution is 2.61. The van der Waals surface area contributed by atoms with Gasteiger partial charge in [0, 0.05) is 12.5 Å². The molecule has 0 aromatic heterocycles. The summed E-state index contributed by atoms with van der Waals surface area (Å²) >= 11 is 0. The van der Waals surface area contributed by atoms with Crippen LogP contribution in [-0.4, -0.2) is 30.4 Å². The van der Waals surface area contributed by atoms with Crippen LogP contribution in [0.5, 0.6) is 5.75 Å². The number of ether oxygens (including phenoxy) is 1. The van der Waals surface area contributed by atoms with Crippen LogP contribution in [0.25, 0.3) is 0 Å². The van der Waals surface area contributed by atoms with Crippen LogP contribution in [-0.2, 0) is 29.6 Å². The summed E-state index contributed by atoms with van der Waals surface area (Å²) in [5, 5.41) is 0. The van der Waals surface area contributed by atoms with Crippen molar-refractivity contribution in [2.75, 3.05) is 13.7 Å². The quantitative estimate of drug-likeness (QED) is 0.858. The zero-order valence-electron chi connectivity index (χ0n) is 17.1. The molecule has 0 saturated heterocycles. The second-order valence-electron chi connectivity index (χ2n) is 8.52. The lowest BCUT2D eigenvalue weighted by atomic mass is 9.65. The van der Waals surface area contributed by atoms with Crippen molar-refractivity contribution in [3.63, 3.8) is 0 Å². The van der Waals surface area contributed by atoms with Crippen molar-refractivity contribution < 1.29 is 9.53 Å². The average molecular weight is 389 g/mol.